The van der Waals surface area contributed by atoms with Crippen molar-refractivity contribution in [2.75, 3.05) is 6.61 Å². The Morgan fingerprint density at radius 3 is 2.92 bits per heavy atom. The largest absolute Gasteiger partial charge is 0.378 e. The quantitative estimate of drug-likeness (QED) is 0.822. The minimum absolute atomic E-state index is 0.0227. The first-order chi connectivity index (χ1) is 12.5. The van der Waals surface area contributed by atoms with Gasteiger partial charge in [0.05, 0.1) is 17.0 Å². The molecule has 26 heavy (non-hydrogen) atoms. The van der Waals surface area contributed by atoms with E-state index in [1.165, 1.54) is 0 Å². The summed E-state index contributed by atoms with van der Waals surface area (Å²) < 4.78 is 6.74. The van der Waals surface area contributed by atoms with Gasteiger partial charge in [-0.3, -0.25) is 14.2 Å². The van der Waals surface area contributed by atoms with E-state index in [1.54, 1.807) is 25.1 Å². The van der Waals surface area contributed by atoms with Gasteiger partial charge in [-0.05, 0) is 57.7 Å². The Hall–Kier alpha value is -2.41. The molecule has 1 aliphatic rings. The number of hydrogen-bond acceptors (Lipinski definition) is 4. The molecule has 0 aliphatic carbocycles. The fraction of sp³-hybridized carbons (Fsp3) is 0.526. The average Bonchev–Trinajstić information content (AvgIpc) is 3.13. The molecule has 1 aromatic carbocycles. The lowest BCUT2D eigenvalue weighted by Gasteiger charge is -2.16. The van der Waals surface area contributed by atoms with Crippen molar-refractivity contribution in [3.63, 3.8) is 0 Å². The third-order valence-electron chi connectivity index (χ3n) is 4.88. The second kappa shape index (κ2) is 7.86. The molecule has 2 heterocycles. The van der Waals surface area contributed by atoms with Gasteiger partial charge < -0.3 is 15.0 Å². The molecule has 2 N–H and O–H groups in total. The van der Waals surface area contributed by atoms with Gasteiger partial charge in [-0.25, -0.2) is 4.79 Å². The van der Waals surface area contributed by atoms with Crippen LogP contribution in [0.5, 0.6) is 0 Å². The maximum Gasteiger partial charge on any atom is 0.328 e. The van der Waals surface area contributed by atoms with Crippen LogP contribution in [0.2, 0.25) is 0 Å². The Kier molecular flexibility index (Phi) is 5.56. The van der Waals surface area contributed by atoms with Crippen molar-refractivity contribution in [2.45, 2.75) is 58.2 Å². The lowest BCUT2D eigenvalue weighted by molar-refractivity contribution is 0.0899. The van der Waals surface area contributed by atoms with Crippen molar-refractivity contribution >= 4 is 16.8 Å². The summed E-state index contributed by atoms with van der Waals surface area (Å²) in [7, 11) is 0. The van der Waals surface area contributed by atoms with Gasteiger partial charge in [0.25, 0.3) is 11.5 Å². The first kappa shape index (κ1) is 18.4. The molecule has 7 heteroatoms. The zero-order chi connectivity index (χ0) is 18.7. The van der Waals surface area contributed by atoms with E-state index in [0.29, 0.717) is 29.1 Å². The number of nitrogens with one attached hydrogen (secondary N) is 2. The highest BCUT2D eigenvalue weighted by molar-refractivity contribution is 5.97. The van der Waals surface area contributed by atoms with Crippen molar-refractivity contribution in [2.24, 2.45) is 0 Å². The summed E-state index contributed by atoms with van der Waals surface area (Å²) in [5.41, 5.74) is -0.00856. The normalized spacial score (nSPS) is 18.2. The second-order valence-electron chi connectivity index (χ2n) is 6.83. The number of H-pyrrole nitrogens is 1. The van der Waals surface area contributed by atoms with Gasteiger partial charge in [0.1, 0.15) is 0 Å². The monoisotopic (exact) mass is 359 g/mol. The molecule has 0 unspecified atom stereocenters. The molecule has 2 aromatic rings. The van der Waals surface area contributed by atoms with Crippen LogP contribution in [0.15, 0.2) is 27.8 Å². The Labute approximate surface area is 151 Å². The number of amides is 1. The fourth-order valence-corrected chi connectivity index (χ4v) is 3.37. The van der Waals surface area contributed by atoms with Gasteiger partial charge in [-0.15, -0.1) is 0 Å². The Morgan fingerprint density at radius 1 is 1.42 bits per heavy atom. The van der Waals surface area contributed by atoms with Gasteiger partial charge in [-0.2, -0.15) is 0 Å². The van der Waals surface area contributed by atoms with Gasteiger partial charge in [0, 0.05) is 24.8 Å². The number of nitrogens with zero attached hydrogens (tertiary/aromatic N) is 1. The third-order valence-corrected chi connectivity index (χ3v) is 4.88. The molecule has 0 radical (unpaired) electrons. The van der Waals surface area contributed by atoms with Crippen LogP contribution in [0.1, 0.15) is 49.9 Å². The number of aromatic amines is 1. The van der Waals surface area contributed by atoms with E-state index in [2.05, 4.69) is 10.3 Å². The summed E-state index contributed by atoms with van der Waals surface area (Å²) in [4.78, 5) is 39.4. The van der Waals surface area contributed by atoms with Crippen molar-refractivity contribution in [1.82, 2.24) is 14.9 Å². The number of ether oxygens (including phenoxy) is 1. The number of carbonyl (C=O) groups excluding carboxylic acids is 1. The van der Waals surface area contributed by atoms with E-state index in [-0.39, 0.29) is 17.5 Å². The highest BCUT2D eigenvalue weighted by atomic mass is 16.5. The molecule has 0 saturated carbocycles. The topological polar surface area (TPSA) is 93.2 Å². The SMILES string of the molecule is CCn1c(=O)[nH]c2cc(C(=O)N[C@@H](C)CC[C@H]3CCCO3)ccc2c1=O. The second-order valence-corrected chi connectivity index (χ2v) is 6.83. The number of rotatable bonds is 6. The number of aromatic nitrogens is 2. The fourth-order valence-electron chi connectivity index (χ4n) is 3.37. The molecular formula is C19H25N3O4. The molecule has 0 bridgehead atoms. The van der Waals surface area contributed by atoms with Crippen LogP contribution in [0.4, 0.5) is 0 Å². The number of carbonyl (C=O) groups is 1. The molecule has 1 amide bonds. The zero-order valence-corrected chi connectivity index (χ0v) is 15.2. The van der Waals surface area contributed by atoms with Crippen molar-refractivity contribution in [1.29, 1.82) is 0 Å². The van der Waals surface area contributed by atoms with E-state index in [0.717, 1.165) is 36.9 Å². The Bertz CT molecular complexity index is 909. The van der Waals surface area contributed by atoms with Crippen molar-refractivity contribution in [3.05, 3.63) is 44.6 Å². The molecule has 0 spiro atoms. The van der Waals surface area contributed by atoms with Crippen LogP contribution < -0.4 is 16.6 Å². The van der Waals surface area contributed by atoms with Crippen molar-refractivity contribution in [3.8, 4) is 0 Å². The van der Waals surface area contributed by atoms with Crippen LogP contribution in [-0.4, -0.2) is 34.2 Å². The lowest BCUT2D eigenvalue weighted by atomic mass is 10.1. The molecule has 1 fully saturated rings. The average molecular weight is 359 g/mol. The summed E-state index contributed by atoms with van der Waals surface area (Å²) in [6.07, 6.45) is 4.29. The molecule has 1 saturated heterocycles. The summed E-state index contributed by atoms with van der Waals surface area (Å²) in [6.45, 7) is 4.84. The van der Waals surface area contributed by atoms with Gasteiger partial charge in [0.15, 0.2) is 0 Å². The van der Waals surface area contributed by atoms with E-state index >= 15 is 0 Å². The van der Waals surface area contributed by atoms with E-state index < -0.39 is 5.69 Å². The number of hydrogen-bond donors (Lipinski definition) is 2. The summed E-state index contributed by atoms with van der Waals surface area (Å²) >= 11 is 0. The van der Waals surface area contributed by atoms with E-state index in [9.17, 15) is 14.4 Å². The minimum Gasteiger partial charge on any atom is -0.378 e. The molecule has 1 aliphatic heterocycles. The lowest BCUT2D eigenvalue weighted by Crippen LogP contribution is -2.35. The minimum atomic E-state index is -0.465. The number of fused-ring (bicyclic) bond motifs is 1. The molecule has 3 rings (SSSR count). The molecule has 7 nitrogen and oxygen atoms in total. The standard InChI is InChI=1S/C19H25N3O4/c1-3-22-18(24)15-9-7-13(11-16(15)21-19(22)25)17(23)20-12(2)6-8-14-5-4-10-26-14/h7,9,11-12,14H,3-6,8,10H2,1-2H3,(H,20,23)(H,21,25)/t12-,14+/m0/s1. The summed E-state index contributed by atoms with van der Waals surface area (Å²) in [6, 6.07) is 4.78. The van der Waals surface area contributed by atoms with Crippen LogP contribution in [0.25, 0.3) is 10.9 Å². The predicted octanol–water partition coefficient (Wildman–Crippen LogP) is 1.79. The van der Waals surface area contributed by atoms with Gasteiger partial charge >= 0.3 is 5.69 Å². The first-order valence-electron chi connectivity index (χ1n) is 9.19. The first-order valence-corrected chi connectivity index (χ1v) is 9.19. The molecular weight excluding hydrogens is 334 g/mol. The van der Waals surface area contributed by atoms with E-state index in [4.69, 9.17) is 4.74 Å². The van der Waals surface area contributed by atoms with E-state index in [1.807, 2.05) is 6.92 Å². The highest BCUT2D eigenvalue weighted by Crippen LogP contribution is 2.18. The number of benzene rings is 1. The maximum atomic E-state index is 12.5. The Balaban J connectivity index is 1.72. The zero-order valence-electron chi connectivity index (χ0n) is 15.2. The molecule has 2 atom stereocenters. The van der Waals surface area contributed by atoms with Crippen LogP contribution in [-0.2, 0) is 11.3 Å². The van der Waals surface area contributed by atoms with Crippen LogP contribution in [0.3, 0.4) is 0 Å². The predicted molar refractivity (Wildman–Crippen MR) is 99.6 cm³/mol. The highest BCUT2D eigenvalue weighted by Gasteiger charge is 2.18. The molecule has 1 aromatic heterocycles. The van der Waals surface area contributed by atoms with Crippen LogP contribution >= 0.6 is 0 Å². The van der Waals surface area contributed by atoms with Crippen molar-refractivity contribution < 1.29 is 9.53 Å². The maximum absolute atomic E-state index is 12.5. The smallest absolute Gasteiger partial charge is 0.328 e. The Morgan fingerprint density at radius 2 is 2.23 bits per heavy atom. The molecule has 140 valence electrons. The summed E-state index contributed by atoms with van der Waals surface area (Å²) in [5, 5.41) is 3.36. The van der Waals surface area contributed by atoms with Crippen LogP contribution in [0, 0.1) is 0 Å². The van der Waals surface area contributed by atoms with Gasteiger partial charge in [-0.1, -0.05) is 0 Å². The third kappa shape index (κ3) is 3.88. The summed E-state index contributed by atoms with van der Waals surface area (Å²) in [5.74, 6) is -0.216. The van der Waals surface area contributed by atoms with Gasteiger partial charge in [0.2, 0.25) is 0 Å².